The molecule has 2 aromatic rings. The van der Waals surface area contributed by atoms with E-state index in [0.717, 1.165) is 56.1 Å². The molecule has 126 valence electrons. The molecule has 1 aromatic heterocycles. The second-order valence-electron chi connectivity index (χ2n) is 6.71. The van der Waals surface area contributed by atoms with Crippen molar-refractivity contribution < 1.29 is 0 Å². The number of aliphatic imine (C=N–C) groups is 1. The van der Waals surface area contributed by atoms with Crippen LogP contribution in [-0.4, -0.2) is 33.7 Å². The van der Waals surface area contributed by atoms with Gasteiger partial charge in [0, 0.05) is 49.9 Å². The summed E-state index contributed by atoms with van der Waals surface area (Å²) < 4.78 is 0. The summed E-state index contributed by atoms with van der Waals surface area (Å²) in [4.78, 5) is 16.4. The van der Waals surface area contributed by atoms with Crippen molar-refractivity contribution in [2.24, 2.45) is 4.99 Å². The minimum absolute atomic E-state index is 0.838. The molecule has 0 saturated carbocycles. The van der Waals surface area contributed by atoms with Crippen LogP contribution in [0, 0.1) is 12.3 Å². The fraction of sp³-hybridized carbons (Fsp3) is 0.381. The molecule has 1 aromatic carbocycles. The summed E-state index contributed by atoms with van der Waals surface area (Å²) in [5.41, 5.74) is 5.68. The summed E-state index contributed by atoms with van der Waals surface area (Å²) >= 11 is 0. The van der Waals surface area contributed by atoms with Crippen LogP contribution < -0.4 is 0 Å². The number of fused-ring (bicyclic) bond motifs is 1. The van der Waals surface area contributed by atoms with Crippen LogP contribution in [0.4, 0.5) is 0 Å². The maximum atomic E-state index is 5.62. The number of aromatic nitrogens is 2. The zero-order chi connectivity index (χ0) is 17.1. The van der Waals surface area contributed by atoms with E-state index in [-0.39, 0.29) is 0 Å². The Morgan fingerprint density at radius 2 is 2.08 bits per heavy atom. The van der Waals surface area contributed by atoms with E-state index in [1.165, 1.54) is 29.7 Å². The number of terminal acetylenes is 1. The Kier molecular flexibility index (Phi) is 4.58. The van der Waals surface area contributed by atoms with Crippen molar-refractivity contribution in [2.45, 2.75) is 38.8 Å². The molecule has 0 amide bonds. The maximum Gasteiger partial charge on any atom is 0.173 e. The fourth-order valence-corrected chi connectivity index (χ4v) is 3.57. The maximum absolute atomic E-state index is 5.62. The molecule has 0 unspecified atom stereocenters. The highest BCUT2D eigenvalue weighted by Gasteiger charge is 2.20. The molecule has 3 heterocycles. The largest absolute Gasteiger partial charge is 0.294 e. The third-order valence-corrected chi connectivity index (χ3v) is 4.96. The quantitative estimate of drug-likeness (QED) is 0.813. The van der Waals surface area contributed by atoms with Crippen LogP contribution >= 0.6 is 0 Å². The Morgan fingerprint density at radius 1 is 1.16 bits per heavy atom. The third kappa shape index (κ3) is 3.47. The van der Waals surface area contributed by atoms with Crippen LogP contribution in [0.25, 0.3) is 0 Å². The van der Waals surface area contributed by atoms with E-state index in [1.807, 2.05) is 24.4 Å². The first-order valence-electron chi connectivity index (χ1n) is 8.99. The normalized spacial score (nSPS) is 17.5. The first-order chi connectivity index (χ1) is 12.3. The summed E-state index contributed by atoms with van der Waals surface area (Å²) in [7, 11) is 0. The highest BCUT2D eigenvalue weighted by atomic mass is 15.1. The van der Waals surface area contributed by atoms with E-state index in [1.54, 1.807) is 0 Å². The van der Waals surface area contributed by atoms with Gasteiger partial charge < -0.3 is 0 Å². The van der Waals surface area contributed by atoms with Crippen LogP contribution in [0.1, 0.15) is 47.5 Å². The molecular weight excluding hydrogens is 308 g/mol. The molecule has 0 bridgehead atoms. The summed E-state index contributed by atoms with van der Waals surface area (Å²) in [6.45, 7) is 3.66. The topological polar surface area (TPSA) is 41.4 Å². The minimum atomic E-state index is 0.838. The monoisotopic (exact) mass is 330 g/mol. The van der Waals surface area contributed by atoms with Crippen LogP contribution in [0.15, 0.2) is 35.5 Å². The Balaban J connectivity index is 1.50. The third-order valence-electron chi connectivity index (χ3n) is 4.96. The van der Waals surface area contributed by atoms with E-state index in [4.69, 9.17) is 11.4 Å². The lowest BCUT2D eigenvalue weighted by Crippen LogP contribution is -2.31. The van der Waals surface area contributed by atoms with Gasteiger partial charge in [-0.05, 0) is 30.9 Å². The second-order valence-corrected chi connectivity index (χ2v) is 6.71. The van der Waals surface area contributed by atoms with E-state index in [9.17, 15) is 0 Å². The lowest BCUT2D eigenvalue weighted by atomic mass is 10.0. The van der Waals surface area contributed by atoms with Gasteiger partial charge in [-0.1, -0.05) is 24.1 Å². The van der Waals surface area contributed by atoms with Crippen molar-refractivity contribution in [2.75, 3.05) is 13.1 Å². The van der Waals surface area contributed by atoms with Crippen LogP contribution in [0.2, 0.25) is 0 Å². The number of rotatable bonds is 3. The van der Waals surface area contributed by atoms with E-state index in [2.05, 4.69) is 26.9 Å². The minimum Gasteiger partial charge on any atom is -0.294 e. The molecule has 0 aliphatic carbocycles. The van der Waals surface area contributed by atoms with Gasteiger partial charge in [0.1, 0.15) is 0 Å². The van der Waals surface area contributed by atoms with E-state index < -0.39 is 0 Å². The zero-order valence-corrected chi connectivity index (χ0v) is 14.4. The summed E-state index contributed by atoms with van der Waals surface area (Å²) in [6.07, 6.45) is 12.0. The van der Waals surface area contributed by atoms with Gasteiger partial charge in [0.15, 0.2) is 5.82 Å². The van der Waals surface area contributed by atoms with Crippen molar-refractivity contribution in [3.8, 4) is 12.3 Å². The van der Waals surface area contributed by atoms with Crippen molar-refractivity contribution in [1.82, 2.24) is 14.9 Å². The standard InChI is InChI=1S/C21H22N4/c1-2-16-7-3-4-8-17(16)14-25-12-10-19-18(15-25)13-23-21(24-19)20-9-5-6-11-22-20/h1,3-4,7-8,13H,5-6,9-12,14-15H2. The van der Waals surface area contributed by atoms with Crippen molar-refractivity contribution in [3.63, 3.8) is 0 Å². The highest BCUT2D eigenvalue weighted by Crippen LogP contribution is 2.21. The lowest BCUT2D eigenvalue weighted by molar-refractivity contribution is 0.242. The van der Waals surface area contributed by atoms with Crippen molar-refractivity contribution in [3.05, 3.63) is 58.7 Å². The number of nitrogens with zero attached hydrogens (tertiary/aromatic N) is 4. The predicted molar refractivity (Wildman–Crippen MR) is 99.5 cm³/mol. The lowest BCUT2D eigenvalue weighted by Gasteiger charge is -2.28. The Hall–Kier alpha value is -2.51. The molecule has 0 spiro atoms. The van der Waals surface area contributed by atoms with Crippen LogP contribution in [0.5, 0.6) is 0 Å². The molecule has 0 N–H and O–H groups in total. The molecule has 0 atom stereocenters. The molecule has 4 nitrogen and oxygen atoms in total. The fourth-order valence-electron chi connectivity index (χ4n) is 3.57. The Bertz CT molecular complexity index is 847. The van der Waals surface area contributed by atoms with Gasteiger partial charge in [-0.25, -0.2) is 9.97 Å². The highest BCUT2D eigenvalue weighted by molar-refractivity contribution is 5.97. The van der Waals surface area contributed by atoms with Gasteiger partial charge in [-0.2, -0.15) is 0 Å². The molecule has 4 heteroatoms. The van der Waals surface area contributed by atoms with Gasteiger partial charge in [-0.3, -0.25) is 9.89 Å². The van der Waals surface area contributed by atoms with Gasteiger partial charge in [0.05, 0.1) is 11.4 Å². The van der Waals surface area contributed by atoms with Gasteiger partial charge in [0.2, 0.25) is 0 Å². The number of hydrogen-bond donors (Lipinski definition) is 0. The number of hydrogen-bond acceptors (Lipinski definition) is 4. The summed E-state index contributed by atoms with van der Waals surface area (Å²) in [6, 6.07) is 8.17. The predicted octanol–water partition coefficient (Wildman–Crippen LogP) is 2.99. The smallest absolute Gasteiger partial charge is 0.173 e. The van der Waals surface area contributed by atoms with Crippen molar-refractivity contribution in [1.29, 1.82) is 0 Å². The molecule has 25 heavy (non-hydrogen) atoms. The van der Waals surface area contributed by atoms with Crippen LogP contribution in [0.3, 0.4) is 0 Å². The number of benzene rings is 1. The van der Waals surface area contributed by atoms with E-state index >= 15 is 0 Å². The Morgan fingerprint density at radius 3 is 2.92 bits per heavy atom. The van der Waals surface area contributed by atoms with Gasteiger partial charge in [-0.15, -0.1) is 6.42 Å². The molecule has 4 rings (SSSR count). The van der Waals surface area contributed by atoms with E-state index in [0.29, 0.717) is 0 Å². The van der Waals surface area contributed by atoms with Crippen LogP contribution in [-0.2, 0) is 19.5 Å². The Labute approximate surface area is 149 Å². The summed E-state index contributed by atoms with van der Waals surface area (Å²) in [5, 5.41) is 0. The second kappa shape index (κ2) is 7.16. The summed E-state index contributed by atoms with van der Waals surface area (Å²) in [5.74, 6) is 3.62. The molecule has 2 aliphatic heterocycles. The molecular formula is C21H22N4. The molecule has 0 fully saturated rings. The average molecular weight is 330 g/mol. The van der Waals surface area contributed by atoms with Gasteiger partial charge in [0.25, 0.3) is 0 Å². The first-order valence-corrected chi connectivity index (χ1v) is 8.99. The molecule has 2 aliphatic rings. The molecule has 0 saturated heterocycles. The SMILES string of the molecule is C#Cc1ccccc1CN1CCc2nc(C3=NCCCC3)ncc2C1. The zero-order valence-electron chi connectivity index (χ0n) is 14.4. The van der Waals surface area contributed by atoms with Crippen molar-refractivity contribution >= 4 is 5.71 Å². The molecule has 0 radical (unpaired) electrons. The first kappa shape index (κ1) is 16.0. The van der Waals surface area contributed by atoms with Gasteiger partial charge >= 0.3 is 0 Å². The average Bonchev–Trinajstić information content (AvgIpc) is 2.68.